The van der Waals surface area contributed by atoms with E-state index in [1.165, 1.54) is 12.1 Å². The number of rotatable bonds is 6. The van der Waals surface area contributed by atoms with Gasteiger partial charge in [-0.15, -0.1) is 0 Å². The number of hydrogen-bond acceptors (Lipinski definition) is 5. The van der Waals surface area contributed by atoms with Gasteiger partial charge in [0.05, 0.1) is 25.7 Å². The molecule has 0 aliphatic rings. The molecule has 0 aliphatic heterocycles. The van der Waals surface area contributed by atoms with Crippen molar-refractivity contribution in [3.05, 3.63) is 35.1 Å². The Morgan fingerprint density at radius 1 is 1.42 bits per heavy atom. The van der Waals surface area contributed by atoms with Crippen LogP contribution in [0.15, 0.2) is 18.2 Å². The predicted octanol–water partition coefficient (Wildman–Crippen LogP) is 0.665. The van der Waals surface area contributed by atoms with Crippen LogP contribution in [0.2, 0.25) is 0 Å². The Kier molecular flexibility index (Phi) is 5.88. The molecule has 0 saturated carbocycles. The maximum atomic E-state index is 13.2. The largest absolute Gasteiger partial charge is 0.466 e. The fourth-order valence-corrected chi connectivity index (χ4v) is 1.62. The minimum Gasteiger partial charge on any atom is -0.466 e. The van der Waals surface area contributed by atoms with Crippen LogP contribution in [-0.4, -0.2) is 34.0 Å². The van der Waals surface area contributed by atoms with Gasteiger partial charge in [0.2, 0.25) is 0 Å². The molecule has 19 heavy (non-hydrogen) atoms. The lowest BCUT2D eigenvalue weighted by Crippen LogP contribution is -2.23. The van der Waals surface area contributed by atoms with Gasteiger partial charge in [0.1, 0.15) is 11.9 Å². The molecule has 1 aromatic carbocycles. The summed E-state index contributed by atoms with van der Waals surface area (Å²) in [5, 5.41) is 28.5. The van der Waals surface area contributed by atoms with E-state index >= 15 is 0 Å². The van der Waals surface area contributed by atoms with Gasteiger partial charge in [0.25, 0.3) is 0 Å². The van der Waals surface area contributed by atoms with E-state index in [4.69, 9.17) is 5.11 Å². The second-order valence-electron chi connectivity index (χ2n) is 4.03. The molecule has 106 valence electrons. The van der Waals surface area contributed by atoms with Crippen molar-refractivity contribution >= 4 is 5.97 Å². The molecule has 5 nitrogen and oxygen atoms in total. The highest BCUT2D eigenvalue weighted by molar-refractivity contribution is 5.70. The molecule has 2 atom stereocenters. The Morgan fingerprint density at radius 3 is 2.68 bits per heavy atom. The molecule has 0 saturated heterocycles. The smallest absolute Gasteiger partial charge is 0.308 e. The SMILES string of the molecule is CCOC(=O)CC(O)C(O)c1ccc(F)c(CO)c1. The number of benzene rings is 1. The monoisotopic (exact) mass is 272 g/mol. The summed E-state index contributed by atoms with van der Waals surface area (Å²) in [6, 6.07) is 3.61. The van der Waals surface area contributed by atoms with E-state index in [2.05, 4.69) is 4.74 Å². The Morgan fingerprint density at radius 2 is 2.11 bits per heavy atom. The van der Waals surface area contributed by atoms with Gasteiger partial charge in [-0.3, -0.25) is 4.79 Å². The van der Waals surface area contributed by atoms with Crippen LogP contribution >= 0.6 is 0 Å². The summed E-state index contributed by atoms with van der Waals surface area (Å²) in [4.78, 5) is 11.2. The van der Waals surface area contributed by atoms with Crippen LogP contribution in [0.1, 0.15) is 30.6 Å². The maximum absolute atomic E-state index is 13.2. The summed E-state index contributed by atoms with van der Waals surface area (Å²) in [7, 11) is 0. The first-order valence-electron chi connectivity index (χ1n) is 5.90. The van der Waals surface area contributed by atoms with Gasteiger partial charge in [-0.25, -0.2) is 4.39 Å². The second kappa shape index (κ2) is 7.18. The number of halogens is 1. The molecule has 3 N–H and O–H groups in total. The predicted molar refractivity (Wildman–Crippen MR) is 64.5 cm³/mol. The number of carbonyl (C=O) groups is 1. The fourth-order valence-electron chi connectivity index (χ4n) is 1.62. The molecule has 1 aromatic rings. The van der Waals surface area contributed by atoms with E-state index in [1.54, 1.807) is 6.92 Å². The Labute approximate surface area is 110 Å². The normalized spacial score (nSPS) is 13.9. The molecule has 0 heterocycles. The first-order valence-corrected chi connectivity index (χ1v) is 5.90. The maximum Gasteiger partial charge on any atom is 0.308 e. The van der Waals surface area contributed by atoms with Crippen molar-refractivity contribution in [1.29, 1.82) is 0 Å². The Balaban J connectivity index is 2.76. The quantitative estimate of drug-likeness (QED) is 0.662. The van der Waals surface area contributed by atoms with E-state index < -0.39 is 30.6 Å². The first kappa shape index (κ1) is 15.6. The molecule has 2 unspecified atom stereocenters. The van der Waals surface area contributed by atoms with E-state index in [0.717, 1.165) is 6.07 Å². The van der Waals surface area contributed by atoms with E-state index in [0.29, 0.717) is 0 Å². The third kappa shape index (κ3) is 4.27. The van der Waals surface area contributed by atoms with Crippen LogP contribution in [0.3, 0.4) is 0 Å². The number of aliphatic hydroxyl groups excluding tert-OH is 3. The second-order valence-corrected chi connectivity index (χ2v) is 4.03. The average Bonchev–Trinajstić information content (AvgIpc) is 2.38. The van der Waals surface area contributed by atoms with Gasteiger partial charge in [0.15, 0.2) is 0 Å². The third-order valence-electron chi connectivity index (χ3n) is 2.63. The van der Waals surface area contributed by atoms with Crippen LogP contribution < -0.4 is 0 Å². The number of hydrogen-bond donors (Lipinski definition) is 3. The number of aliphatic hydroxyl groups is 3. The Hall–Kier alpha value is -1.50. The van der Waals surface area contributed by atoms with Crippen molar-refractivity contribution < 1.29 is 29.2 Å². The van der Waals surface area contributed by atoms with E-state index in [-0.39, 0.29) is 24.2 Å². The van der Waals surface area contributed by atoms with Gasteiger partial charge in [0, 0.05) is 5.56 Å². The van der Waals surface area contributed by atoms with Crippen LogP contribution in [0.25, 0.3) is 0 Å². The number of ether oxygens (including phenoxy) is 1. The zero-order valence-corrected chi connectivity index (χ0v) is 10.5. The topological polar surface area (TPSA) is 87.0 Å². The minimum atomic E-state index is -1.35. The van der Waals surface area contributed by atoms with Gasteiger partial charge in [-0.05, 0) is 24.6 Å². The van der Waals surface area contributed by atoms with Crippen molar-refractivity contribution in [2.24, 2.45) is 0 Å². The molecule has 0 amide bonds. The lowest BCUT2D eigenvalue weighted by Gasteiger charge is -2.18. The van der Waals surface area contributed by atoms with Crippen LogP contribution in [0.4, 0.5) is 4.39 Å². The van der Waals surface area contributed by atoms with Crippen molar-refractivity contribution in [2.75, 3.05) is 6.61 Å². The molecule has 0 radical (unpaired) electrons. The average molecular weight is 272 g/mol. The molecule has 0 fully saturated rings. The lowest BCUT2D eigenvalue weighted by atomic mass is 10.00. The van der Waals surface area contributed by atoms with Crippen LogP contribution in [0, 0.1) is 5.82 Å². The van der Waals surface area contributed by atoms with Crippen molar-refractivity contribution in [3.63, 3.8) is 0 Å². The van der Waals surface area contributed by atoms with Gasteiger partial charge in [-0.2, -0.15) is 0 Å². The summed E-state index contributed by atoms with van der Waals surface area (Å²) in [5.41, 5.74) is 0.238. The summed E-state index contributed by atoms with van der Waals surface area (Å²) >= 11 is 0. The highest BCUT2D eigenvalue weighted by Crippen LogP contribution is 2.22. The summed E-state index contributed by atoms with van der Waals surface area (Å²) in [5.74, 6) is -1.23. The number of esters is 1. The van der Waals surface area contributed by atoms with Gasteiger partial charge >= 0.3 is 5.97 Å². The molecule has 0 aromatic heterocycles. The molecule has 0 spiro atoms. The molecular weight excluding hydrogens is 255 g/mol. The molecule has 6 heteroatoms. The third-order valence-corrected chi connectivity index (χ3v) is 2.63. The van der Waals surface area contributed by atoms with Gasteiger partial charge in [-0.1, -0.05) is 6.07 Å². The number of carbonyl (C=O) groups excluding carboxylic acids is 1. The van der Waals surface area contributed by atoms with Crippen LogP contribution in [0.5, 0.6) is 0 Å². The van der Waals surface area contributed by atoms with Crippen molar-refractivity contribution in [1.82, 2.24) is 0 Å². The van der Waals surface area contributed by atoms with Gasteiger partial charge < -0.3 is 20.1 Å². The van der Waals surface area contributed by atoms with Crippen molar-refractivity contribution in [3.8, 4) is 0 Å². The van der Waals surface area contributed by atoms with Crippen LogP contribution in [-0.2, 0) is 16.1 Å². The fraction of sp³-hybridized carbons (Fsp3) is 0.462. The highest BCUT2D eigenvalue weighted by Gasteiger charge is 2.22. The molecular formula is C13H17FO5. The zero-order valence-electron chi connectivity index (χ0n) is 10.5. The standard InChI is InChI=1S/C13H17FO5/c1-2-19-12(17)6-11(16)13(18)8-3-4-10(14)9(5-8)7-15/h3-5,11,13,15-16,18H,2,6-7H2,1H3. The van der Waals surface area contributed by atoms with E-state index in [1.807, 2.05) is 0 Å². The minimum absolute atomic E-state index is 0.0138. The lowest BCUT2D eigenvalue weighted by molar-refractivity contribution is -0.147. The highest BCUT2D eigenvalue weighted by atomic mass is 19.1. The molecule has 0 bridgehead atoms. The summed E-state index contributed by atoms with van der Waals surface area (Å²) < 4.78 is 17.8. The first-order chi connectivity index (χ1) is 8.99. The molecule has 1 rings (SSSR count). The Bertz CT molecular complexity index is 435. The zero-order chi connectivity index (χ0) is 14.4. The summed E-state index contributed by atoms with van der Waals surface area (Å²) in [6.45, 7) is 1.31. The summed E-state index contributed by atoms with van der Waals surface area (Å²) in [6.07, 6.45) is -3.06. The van der Waals surface area contributed by atoms with Crippen molar-refractivity contribution in [2.45, 2.75) is 32.2 Å². The molecule has 0 aliphatic carbocycles. The van der Waals surface area contributed by atoms with E-state index in [9.17, 15) is 19.4 Å².